The van der Waals surface area contributed by atoms with Gasteiger partial charge in [0, 0.05) is 24.6 Å². The second kappa shape index (κ2) is 12.5. The molecule has 0 amide bonds. The smallest absolute Gasteiger partial charge is 0.282 e. The predicted molar refractivity (Wildman–Crippen MR) is 170 cm³/mol. The van der Waals surface area contributed by atoms with Crippen molar-refractivity contribution in [3.05, 3.63) is 119 Å². The highest BCUT2D eigenvalue weighted by Crippen LogP contribution is 2.28. The number of methoxy groups -OCH3 is 1. The van der Waals surface area contributed by atoms with Gasteiger partial charge in [0.2, 0.25) is 0 Å². The molecule has 6 rings (SSSR count). The summed E-state index contributed by atoms with van der Waals surface area (Å²) in [6.07, 6.45) is 7.61. The number of anilines is 2. The summed E-state index contributed by atoms with van der Waals surface area (Å²) in [6, 6.07) is 23.9. The Morgan fingerprint density at radius 2 is 1.74 bits per heavy atom. The van der Waals surface area contributed by atoms with E-state index in [1.54, 1.807) is 41.9 Å². The molecule has 0 radical (unpaired) electrons. The van der Waals surface area contributed by atoms with Gasteiger partial charge in [-0.25, -0.2) is 9.97 Å². The lowest BCUT2D eigenvalue weighted by Crippen LogP contribution is -2.29. The van der Waals surface area contributed by atoms with Crippen molar-refractivity contribution in [2.75, 3.05) is 25.5 Å². The van der Waals surface area contributed by atoms with E-state index < -0.39 is 0 Å². The number of hydrogen-bond acceptors (Lipinski definition) is 7. The molecule has 0 unspecified atom stereocenters. The molecule has 9 heteroatoms. The molecule has 1 aliphatic rings. The topological polar surface area (TPSA) is 101 Å². The van der Waals surface area contributed by atoms with E-state index in [4.69, 9.17) is 15.1 Å². The summed E-state index contributed by atoms with van der Waals surface area (Å²) in [5.41, 5.74) is 5.47. The minimum atomic E-state index is -0.282. The molecule has 3 aromatic carbocycles. The minimum absolute atomic E-state index is 0.200. The third kappa shape index (κ3) is 6.12. The van der Waals surface area contributed by atoms with Crippen molar-refractivity contribution in [2.24, 2.45) is 0 Å². The molecule has 0 aliphatic carbocycles. The number of hydrogen-bond donors (Lipinski definition) is 2. The molecule has 43 heavy (non-hydrogen) atoms. The molecule has 0 bridgehead atoms. The molecule has 218 valence electrons. The van der Waals surface area contributed by atoms with Crippen LogP contribution in [0.2, 0.25) is 0 Å². The lowest BCUT2D eigenvalue weighted by atomic mass is 9.99. The fraction of sp³-hybridized carbons (Fsp3) is 0.235. The summed E-state index contributed by atoms with van der Waals surface area (Å²) < 4.78 is 8.66. The van der Waals surface area contributed by atoms with Gasteiger partial charge in [0.1, 0.15) is 23.0 Å². The fourth-order valence-corrected chi connectivity index (χ4v) is 5.63. The normalized spacial score (nSPS) is 13.3. The largest absolute Gasteiger partial charge is 0.497 e. The van der Waals surface area contributed by atoms with Crippen LogP contribution in [0.3, 0.4) is 0 Å². The van der Waals surface area contributed by atoms with E-state index in [9.17, 15) is 4.79 Å². The first-order chi connectivity index (χ1) is 21.0. The molecule has 5 aromatic rings. The van der Waals surface area contributed by atoms with Crippen molar-refractivity contribution in [1.82, 2.24) is 24.0 Å². The van der Waals surface area contributed by atoms with Gasteiger partial charge in [-0.15, -0.1) is 0 Å². The van der Waals surface area contributed by atoms with Crippen LogP contribution in [0.5, 0.6) is 5.75 Å². The molecule has 1 aliphatic heterocycles. The Morgan fingerprint density at radius 1 is 1.00 bits per heavy atom. The number of benzene rings is 3. The van der Waals surface area contributed by atoms with Crippen LogP contribution in [0, 0.1) is 12.3 Å². The van der Waals surface area contributed by atoms with Crippen LogP contribution in [-0.2, 0) is 13.1 Å². The first-order valence-corrected chi connectivity index (χ1v) is 14.5. The van der Waals surface area contributed by atoms with Crippen molar-refractivity contribution < 1.29 is 4.74 Å². The summed E-state index contributed by atoms with van der Waals surface area (Å²) in [7, 11) is 1.61. The average molecular weight is 574 g/mol. The summed E-state index contributed by atoms with van der Waals surface area (Å²) in [6.45, 7) is 5.26. The maximum atomic E-state index is 14.2. The molecule has 0 atom stereocenters. The molecular weight excluding hydrogens is 538 g/mol. The van der Waals surface area contributed by atoms with Gasteiger partial charge < -0.3 is 20.0 Å². The zero-order valence-electron chi connectivity index (χ0n) is 24.5. The Bertz CT molecular complexity index is 1770. The molecule has 9 nitrogen and oxygen atoms in total. The average Bonchev–Trinajstić information content (AvgIpc) is 3.74. The van der Waals surface area contributed by atoms with Crippen molar-refractivity contribution in [3.8, 4) is 22.6 Å². The Labute approximate surface area is 250 Å². The van der Waals surface area contributed by atoms with Crippen LogP contribution in [-0.4, -0.2) is 49.9 Å². The number of imidazole rings is 1. The number of nitrogens with zero attached hydrogens (tertiary/aromatic N) is 5. The van der Waals surface area contributed by atoms with Crippen LogP contribution in [0.1, 0.15) is 29.9 Å². The number of ether oxygens (including phenoxy) is 1. The van der Waals surface area contributed by atoms with Gasteiger partial charge in [0.25, 0.3) is 5.56 Å². The van der Waals surface area contributed by atoms with Crippen LogP contribution in [0.25, 0.3) is 16.8 Å². The van der Waals surface area contributed by atoms with E-state index in [-0.39, 0.29) is 23.5 Å². The van der Waals surface area contributed by atoms with Gasteiger partial charge in [-0.05, 0) is 85.9 Å². The molecule has 2 N–H and O–H groups in total. The van der Waals surface area contributed by atoms with Crippen LogP contribution >= 0.6 is 0 Å². The highest BCUT2D eigenvalue weighted by Gasteiger charge is 2.20. The Kier molecular flexibility index (Phi) is 8.15. The summed E-state index contributed by atoms with van der Waals surface area (Å²) >= 11 is 0. The fourth-order valence-electron chi connectivity index (χ4n) is 5.63. The van der Waals surface area contributed by atoms with Crippen LogP contribution in [0.4, 0.5) is 11.4 Å². The van der Waals surface area contributed by atoms with Gasteiger partial charge in [0.05, 0.1) is 31.4 Å². The van der Waals surface area contributed by atoms with Gasteiger partial charge in [-0.1, -0.05) is 36.4 Å². The standard InChI is InChI=1S/C34H35N7O2/c1-24-37-32(31(35)22-40-20-17-36-23-40)33(38-27-11-15-29(43-2)16-12-27)34(42)41(24)28-13-9-25(10-14-28)30-8-4-3-7-26(30)21-39-18-5-6-19-39/h3-4,7-17,20,23,35,38H,5-6,18-19,21-22H2,1-2H3. The zero-order valence-corrected chi connectivity index (χ0v) is 24.5. The van der Waals surface area contributed by atoms with Gasteiger partial charge in [-0.2, -0.15) is 0 Å². The molecular formula is C34H35N7O2. The summed E-state index contributed by atoms with van der Waals surface area (Å²) in [4.78, 5) is 25.5. The Morgan fingerprint density at radius 3 is 2.44 bits per heavy atom. The molecule has 2 aromatic heterocycles. The third-order valence-corrected chi connectivity index (χ3v) is 7.84. The van der Waals surface area contributed by atoms with Crippen molar-refractivity contribution in [1.29, 1.82) is 5.41 Å². The molecule has 0 spiro atoms. The third-order valence-electron chi connectivity index (χ3n) is 7.84. The highest BCUT2D eigenvalue weighted by atomic mass is 16.5. The van der Waals surface area contributed by atoms with Crippen molar-refractivity contribution in [3.63, 3.8) is 0 Å². The van der Waals surface area contributed by atoms with E-state index in [2.05, 4.69) is 51.6 Å². The van der Waals surface area contributed by atoms with Gasteiger partial charge in [-0.3, -0.25) is 14.3 Å². The number of aromatic nitrogens is 4. The van der Waals surface area contributed by atoms with E-state index >= 15 is 0 Å². The summed E-state index contributed by atoms with van der Waals surface area (Å²) in [5.74, 6) is 1.21. The number of rotatable bonds is 10. The maximum Gasteiger partial charge on any atom is 0.282 e. The lowest BCUT2D eigenvalue weighted by Gasteiger charge is -2.19. The first-order valence-electron chi connectivity index (χ1n) is 14.5. The molecule has 3 heterocycles. The quantitative estimate of drug-likeness (QED) is 0.204. The van der Waals surface area contributed by atoms with Crippen LogP contribution in [0.15, 0.2) is 96.3 Å². The number of nitrogens with one attached hydrogen (secondary N) is 2. The summed E-state index contributed by atoms with van der Waals surface area (Å²) in [5, 5.41) is 12.1. The zero-order chi connectivity index (χ0) is 29.8. The number of likely N-dealkylation sites (tertiary alicyclic amines) is 1. The van der Waals surface area contributed by atoms with Gasteiger partial charge >= 0.3 is 0 Å². The monoisotopic (exact) mass is 573 g/mol. The molecule has 1 saturated heterocycles. The first kappa shape index (κ1) is 28.1. The Balaban J connectivity index is 1.37. The lowest BCUT2D eigenvalue weighted by molar-refractivity contribution is 0.332. The second-order valence-electron chi connectivity index (χ2n) is 10.8. The molecule has 0 saturated carbocycles. The van der Waals surface area contributed by atoms with E-state index in [1.165, 1.54) is 24.0 Å². The van der Waals surface area contributed by atoms with E-state index in [1.807, 2.05) is 36.4 Å². The second-order valence-corrected chi connectivity index (χ2v) is 10.8. The minimum Gasteiger partial charge on any atom is -0.497 e. The molecule has 1 fully saturated rings. The van der Waals surface area contributed by atoms with Crippen molar-refractivity contribution >= 4 is 17.1 Å². The number of aryl methyl sites for hydroxylation is 1. The SMILES string of the molecule is COc1ccc(Nc2c(C(=N)Cn3ccnc3)nc(C)n(-c3ccc(-c4ccccc4CN4CCCC4)cc3)c2=O)cc1. The maximum absolute atomic E-state index is 14.2. The van der Waals surface area contributed by atoms with Crippen molar-refractivity contribution in [2.45, 2.75) is 32.9 Å². The van der Waals surface area contributed by atoms with Crippen LogP contribution < -0.4 is 15.6 Å². The highest BCUT2D eigenvalue weighted by molar-refractivity contribution is 6.01. The van der Waals surface area contributed by atoms with Gasteiger partial charge in [0.15, 0.2) is 0 Å². The predicted octanol–water partition coefficient (Wildman–Crippen LogP) is 5.82. The van der Waals surface area contributed by atoms with E-state index in [0.29, 0.717) is 28.6 Å². The Hall–Kier alpha value is -5.02. The van der Waals surface area contributed by atoms with E-state index in [0.717, 1.165) is 25.2 Å².